The van der Waals surface area contributed by atoms with Crippen molar-refractivity contribution in [3.63, 3.8) is 0 Å². The molecule has 0 fully saturated rings. The molecule has 1 aromatic heterocycles. The van der Waals surface area contributed by atoms with E-state index in [4.69, 9.17) is 4.74 Å². The third-order valence-electron chi connectivity index (χ3n) is 3.73. The van der Waals surface area contributed by atoms with Crippen molar-refractivity contribution in [1.29, 1.82) is 5.26 Å². The zero-order valence-electron chi connectivity index (χ0n) is 14.5. The number of hydrogen-bond acceptors (Lipinski definition) is 4. The van der Waals surface area contributed by atoms with E-state index >= 15 is 0 Å². The summed E-state index contributed by atoms with van der Waals surface area (Å²) in [6.45, 7) is 0.344. The van der Waals surface area contributed by atoms with Gasteiger partial charge in [0.2, 0.25) is 0 Å². The van der Waals surface area contributed by atoms with Gasteiger partial charge in [-0.15, -0.1) is 0 Å². The molecule has 0 bridgehead atoms. The molecule has 0 saturated carbocycles. The molecule has 0 spiro atoms. The molecule has 3 rings (SSSR count). The van der Waals surface area contributed by atoms with E-state index in [2.05, 4.69) is 10.3 Å². The number of para-hydroxylation sites is 2. The summed E-state index contributed by atoms with van der Waals surface area (Å²) in [6, 6.07) is 22.0. The monoisotopic (exact) mass is 355 g/mol. The number of carbonyl (C=O) groups is 1. The fourth-order valence-corrected chi connectivity index (χ4v) is 2.40. The molecule has 0 aliphatic carbocycles. The first-order valence-corrected chi connectivity index (χ1v) is 8.35. The highest BCUT2D eigenvalue weighted by Gasteiger charge is 2.11. The minimum atomic E-state index is -0.467. The second-order valence-corrected chi connectivity index (χ2v) is 5.68. The molecule has 0 aliphatic heterocycles. The molecular formula is C22H17N3O2. The predicted octanol–water partition coefficient (Wildman–Crippen LogP) is 4.21. The molecule has 5 heteroatoms. The first-order chi connectivity index (χ1) is 13.3. The maximum absolute atomic E-state index is 12.4. The average molecular weight is 355 g/mol. The van der Waals surface area contributed by atoms with Crippen LogP contribution in [0.1, 0.15) is 11.1 Å². The first kappa shape index (κ1) is 17.9. The molecule has 0 aliphatic rings. The number of nitrogens with zero attached hydrogens (tertiary/aromatic N) is 2. The van der Waals surface area contributed by atoms with Crippen LogP contribution in [0.3, 0.4) is 0 Å². The number of nitriles is 1. The molecule has 3 aromatic rings. The van der Waals surface area contributed by atoms with Crippen molar-refractivity contribution in [2.45, 2.75) is 6.61 Å². The highest BCUT2D eigenvalue weighted by Crippen LogP contribution is 2.22. The van der Waals surface area contributed by atoms with Crippen molar-refractivity contribution in [2.24, 2.45) is 0 Å². The van der Waals surface area contributed by atoms with Crippen LogP contribution in [0.15, 0.2) is 84.7 Å². The quantitative estimate of drug-likeness (QED) is 0.531. The zero-order valence-corrected chi connectivity index (χ0v) is 14.5. The predicted molar refractivity (Wildman–Crippen MR) is 104 cm³/mol. The number of pyridine rings is 1. The van der Waals surface area contributed by atoms with Gasteiger partial charge in [0.25, 0.3) is 5.91 Å². The lowest BCUT2D eigenvalue weighted by Crippen LogP contribution is -2.13. The molecule has 5 nitrogen and oxygen atoms in total. The molecule has 1 heterocycles. The van der Waals surface area contributed by atoms with Crippen molar-refractivity contribution in [3.8, 4) is 11.8 Å². The molecule has 1 amide bonds. The molecule has 0 radical (unpaired) electrons. The Bertz CT molecular complexity index is 977. The standard InChI is InChI=1S/C22H17N3O2/c23-14-19(22(26)25-20-9-2-1-3-10-20)13-18-8-4-5-11-21(18)27-16-17-7-6-12-24-15-17/h1-13,15H,16H2,(H,25,26). The lowest BCUT2D eigenvalue weighted by atomic mass is 10.1. The van der Waals surface area contributed by atoms with Gasteiger partial charge in [-0.25, -0.2) is 0 Å². The van der Waals surface area contributed by atoms with E-state index in [1.165, 1.54) is 6.08 Å². The Morgan fingerprint density at radius 3 is 2.59 bits per heavy atom. The van der Waals surface area contributed by atoms with E-state index in [0.717, 1.165) is 5.56 Å². The Morgan fingerprint density at radius 2 is 1.85 bits per heavy atom. The summed E-state index contributed by atoms with van der Waals surface area (Å²) in [5.74, 6) is 0.118. The maximum Gasteiger partial charge on any atom is 0.266 e. The summed E-state index contributed by atoms with van der Waals surface area (Å²) >= 11 is 0. The minimum Gasteiger partial charge on any atom is -0.488 e. The van der Waals surface area contributed by atoms with Crippen LogP contribution in [0, 0.1) is 11.3 Å². The summed E-state index contributed by atoms with van der Waals surface area (Å²) in [5, 5.41) is 12.1. The van der Waals surface area contributed by atoms with Crippen LogP contribution >= 0.6 is 0 Å². The highest BCUT2D eigenvalue weighted by molar-refractivity contribution is 6.09. The van der Waals surface area contributed by atoms with E-state index in [1.807, 2.05) is 48.5 Å². The third-order valence-corrected chi connectivity index (χ3v) is 3.73. The Kier molecular flexibility index (Phi) is 5.95. The van der Waals surface area contributed by atoms with Crippen LogP contribution in [0.2, 0.25) is 0 Å². The van der Waals surface area contributed by atoms with Crippen LogP contribution in [-0.4, -0.2) is 10.9 Å². The van der Waals surface area contributed by atoms with Gasteiger partial charge in [-0.1, -0.05) is 42.5 Å². The summed E-state index contributed by atoms with van der Waals surface area (Å²) in [7, 11) is 0. The minimum absolute atomic E-state index is 0.00344. The van der Waals surface area contributed by atoms with Gasteiger partial charge in [0.05, 0.1) is 0 Å². The van der Waals surface area contributed by atoms with Crippen molar-refractivity contribution in [1.82, 2.24) is 4.98 Å². The van der Waals surface area contributed by atoms with Crippen LogP contribution in [0.5, 0.6) is 5.75 Å². The number of aromatic nitrogens is 1. The van der Waals surface area contributed by atoms with E-state index in [0.29, 0.717) is 23.6 Å². The summed E-state index contributed by atoms with van der Waals surface area (Å²) < 4.78 is 5.84. The number of anilines is 1. The number of ether oxygens (including phenoxy) is 1. The Labute approximate surface area is 157 Å². The Hall–Kier alpha value is -3.91. The second kappa shape index (κ2) is 8.97. The van der Waals surface area contributed by atoms with Crippen LogP contribution < -0.4 is 10.1 Å². The van der Waals surface area contributed by atoms with Gasteiger partial charge in [-0.05, 0) is 30.3 Å². The second-order valence-electron chi connectivity index (χ2n) is 5.68. The first-order valence-electron chi connectivity index (χ1n) is 8.35. The SMILES string of the molecule is N#CC(=Cc1ccccc1OCc1cccnc1)C(=O)Nc1ccccc1. The number of carbonyl (C=O) groups excluding carboxylic acids is 1. The van der Waals surface area contributed by atoms with E-state index in [9.17, 15) is 10.1 Å². The molecule has 0 unspecified atom stereocenters. The van der Waals surface area contributed by atoms with Crippen molar-refractivity contribution in [3.05, 3.63) is 95.8 Å². The van der Waals surface area contributed by atoms with Gasteiger partial charge < -0.3 is 10.1 Å². The number of nitrogens with one attached hydrogen (secondary N) is 1. The average Bonchev–Trinajstić information content (AvgIpc) is 2.72. The van der Waals surface area contributed by atoms with Gasteiger partial charge in [-0.3, -0.25) is 9.78 Å². The summed E-state index contributed by atoms with van der Waals surface area (Å²) in [4.78, 5) is 16.4. The number of benzene rings is 2. The van der Waals surface area contributed by atoms with Gasteiger partial charge in [0.15, 0.2) is 0 Å². The Balaban J connectivity index is 1.78. The molecule has 2 aromatic carbocycles. The molecule has 27 heavy (non-hydrogen) atoms. The highest BCUT2D eigenvalue weighted by atomic mass is 16.5. The van der Waals surface area contributed by atoms with E-state index in [-0.39, 0.29) is 5.57 Å². The third kappa shape index (κ3) is 5.03. The number of amides is 1. The molecular weight excluding hydrogens is 338 g/mol. The molecule has 0 atom stereocenters. The summed E-state index contributed by atoms with van der Waals surface area (Å²) in [6.07, 6.45) is 4.95. The van der Waals surface area contributed by atoms with Crippen LogP contribution in [0.4, 0.5) is 5.69 Å². The number of hydrogen-bond donors (Lipinski definition) is 1. The summed E-state index contributed by atoms with van der Waals surface area (Å²) in [5.41, 5.74) is 2.21. The van der Waals surface area contributed by atoms with E-state index < -0.39 is 5.91 Å². The van der Waals surface area contributed by atoms with Gasteiger partial charge >= 0.3 is 0 Å². The van der Waals surface area contributed by atoms with Crippen LogP contribution in [-0.2, 0) is 11.4 Å². The fraction of sp³-hybridized carbons (Fsp3) is 0.0455. The smallest absolute Gasteiger partial charge is 0.266 e. The maximum atomic E-state index is 12.4. The van der Waals surface area contributed by atoms with Crippen LogP contribution in [0.25, 0.3) is 6.08 Å². The van der Waals surface area contributed by atoms with Crippen molar-refractivity contribution < 1.29 is 9.53 Å². The molecule has 0 saturated heterocycles. The Morgan fingerprint density at radius 1 is 1.07 bits per heavy atom. The topological polar surface area (TPSA) is 75.0 Å². The lowest BCUT2D eigenvalue weighted by molar-refractivity contribution is -0.112. The molecule has 1 N–H and O–H groups in total. The van der Waals surface area contributed by atoms with Gasteiger partial charge in [-0.2, -0.15) is 5.26 Å². The molecule has 132 valence electrons. The van der Waals surface area contributed by atoms with Gasteiger partial charge in [0, 0.05) is 29.2 Å². The normalized spacial score (nSPS) is 10.7. The lowest BCUT2D eigenvalue weighted by Gasteiger charge is -2.10. The van der Waals surface area contributed by atoms with Crippen molar-refractivity contribution in [2.75, 3.05) is 5.32 Å². The largest absolute Gasteiger partial charge is 0.488 e. The number of rotatable bonds is 6. The fourth-order valence-electron chi connectivity index (χ4n) is 2.40. The van der Waals surface area contributed by atoms with Crippen molar-refractivity contribution >= 4 is 17.7 Å². The van der Waals surface area contributed by atoms with Gasteiger partial charge in [0.1, 0.15) is 24.0 Å². The zero-order chi connectivity index (χ0) is 18.9. The van der Waals surface area contributed by atoms with E-state index in [1.54, 1.807) is 36.7 Å².